The largest absolute Gasteiger partial charge is 0.393 e. The molecular formula is C16H14BrF3N6O. The molecule has 7 nitrogen and oxygen atoms in total. The highest BCUT2D eigenvalue weighted by atomic mass is 79.9. The predicted molar refractivity (Wildman–Crippen MR) is 98.3 cm³/mol. The van der Waals surface area contributed by atoms with Gasteiger partial charge in [0, 0.05) is 23.8 Å². The van der Waals surface area contributed by atoms with Crippen LogP contribution in [0.15, 0.2) is 52.4 Å². The lowest BCUT2D eigenvalue weighted by molar-refractivity contribution is -0.113. The number of aromatic nitrogens is 1. The molecule has 0 bridgehead atoms. The predicted octanol–water partition coefficient (Wildman–Crippen LogP) is 2.38. The van der Waals surface area contributed by atoms with Gasteiger partial charge in [-0.2, -0.15) is 0 Å². The Morgan fingerprint density at radius 2 is 2.00 bits per heavy atom. The molecule has 1 aromatic carbocycles. The first-order valence-corrected chi connectivity index (χ1v) is 8.34. The summed E-state index contributed by atoms with van der Waals surface area (Å²) in [4.78, 5) is 15.0. The van der Waals surface area contributed by atoms with E-state index in [9.17, 15) is 18.0 Å². The molecular weight excluding hydrogens is 429 g/mol. The lowest BCUT2D eigenvalue weighted by Crippen LogP contribution is -2.34. The van der Waals surface area contributed by atoms with Crippen molar-refractivity contribution in [1.29, 1.82) is 0 Å². The summed E-state index contributed by atoms with van der Waals surface area (Å²) in [5.74, 6) is 2.44. The van der Waals surface area contributed by atoms with Crippen LogP contribution in [0, 0.1) is 11.6 Å². The highest BCUT2D eigenvalue weighted by Crippen LogP contribution is 2.26. The van der Waals surface area contributed by atoms with E-state index in [2.05, 4.69) is 31.5 Å². The van der Waals surface area contributed by atoms with Gasteiger partial charge in [0.25, 0.3) is 5.91 Å². The van der Waals surface area contributed by atoms with Crippen molar-refractivity contribution in [3.8, 4) is 0 Å². The van der Waals surface area contributed by atoms with Crippen molar-refractivity contribution < 1.29 is 18.0 Å². The number of hydrogen-bond acceptors (Lipinski definition) is 5. The first-order chi connectivity index (χ1) is 12.8. The van der Waals surface area contributed by atoms with Gasteiger partial charge in [-0.05, 0) is 28.1 Å². The number of H-pyrrole nitrogens is 1. The molecule has 1 aliphatic rings. The molecule has 1 amide bonds. The number of nitrogens with two attached hydrogens (primary N) is 2. The summed E-state index contributed by atoms with van der Waals surface area (Å²) in [6, 6.07) is 1.93. The van der Waals surface area contributed by atoms with Crippen LogP contribution < -0.4 is 22.2 Å². The SMILES string of the molecule is N/C(=C\N(N)C1=CC(F)=C(Br)NC1)C(=O)Nc1c[nH]c2cc(F)c(F)cc12. The molecule has 0 unspecified atom stereocenters. The van der Waals surface area contributed by atoms with E-state index in [0.29, 0.717) is 11.2 Å². The molecule has 1 aliphatic heterocycles. The molecule has 27 heavy (non-hydrogen) atoms. The number of halogens is 4. The van der Waals surface area contributed by atoms with E-state index < -0.39 is 23.4 Å². The minimum absolute atomic E-state index is 0.192. The molecule has 0 atom stereocenters. The molecule has 11 heteroatoms. The third-order valence-corrected chi connectivity index (χ3v) is 4.43. The van der Waals surface area contributed by atoms with Gasteiger partial charge in [-0.1, -0.05) is 0 Å². The van der Waals surface area contributed by atoms with Crippen LogP contribution in [0.25, 0.3) is 10.9 Å². The van der Waals surface area contributed by atoms with E-state index in [1.807, 2.05) is 0 Å². The second-order valence-corrected chi connectivity index (χ2v) is 6.40. The third-order valence-electron chi connectivity index (χ3n) is 3.77. The number of nitrogens with zero attached hydrogens (tertiary/aromatic N) is 1. The second kappa shape index (κ2) is 7.37. The zero-order chi connectivity index (χ0) is 19.7. The molecule has 1 aromatic heterocycles. The van der Waals surface area contributed by atoms with Gasteiger partial charge in [0.1, 0.15) is 10.3 Å². The second-order valence-electron chi connectivity index (χ2n) is 5.61. The van der Waals surface area contributed by atoms with Crippen molar-refractivity contribution in [2.75, 3.05) is 11.9 Å². The molecule has 0 fully saturated rings. The van der Waals surface area contributed by atoms with Crippen molar-refractivity contribution in [2.24, 2.45) is 11.6 Å². The van der Waals surface area contributed by atoms with E-state index in [1.165, 1.54) is 12.3 Å². The Bertz CT molecular complexity index is 1010. The van der Waals surface area contributed by atoms with Crippen molar-refractivity contribution in [1.82, 2.24) is 15.3 Å². The van der Waals surface area contributed by atoms with Crippen LogP contribution in [0.2, 0.25) is 0 Å². The van der Waals surface area contributed by atoms with Crippen LogP contribution in [0.4, 0.5) is 18.9 Å². The van der Waals surface area contributed by atoms with Gasteiger partial charge in [0.2, 0.25) is 0 Å². The molecule has 0 aliphatic carbocycles. The average Bonchev–Trinajstić information content (AvgIpc) is 2.99. The van der Waals surface area contributed by atoms with Crippen LogP contribution >= 0.6 is 15.9 Å². The highest BCUT2D eigenvalue weighted by molar-refractivity contribution is 9.11. The van der Waals surface area contributed by atoms with Gasteiger partial charge in [0.05, 0.1) is 23.4 Å². The molecule has 0 radical (unpaired) electrons. The van der Waals surface area contributed by atoms with Crippen molar-refractivity contribution in [3.63, 3.8) is 0 Å². The highest BCUT2D eigenvalue weighted by Gasteiger charge is 2.16. The molecule has 0 saturated heterocycles. The Morgan fingerprint density at radius 1 is 1.30 bits per heavy atom. The fourth-order valence-electron chi connectivity index (χ4n) is 2.39. The minimum atomic E-state index is -1.05. The number of allylic oxidation sites excluding steroid dienone is 2. The summed E-state index contributed by atoms with van der Waals surface area (Å²) >= 11 is 3.00. The quantitative estimate of drug-likeness (QED) is 0.216. The lowest BCUT2D eigenvalue weighted by Gasteiger charge is -2.22. The number of benzene rings is 1. The number of amides is 1. The number of hydrogen-bond donors (Lipinski definition) is 5. The zero-order valence-electron chi connectivity index (χ0n) is 13.6. The number of anilines is 1. The number of carbonyl (C=O) groups is 1. The fourth-order valence-corrected chi connectivity index (χ4v) is 2.64. The van der Waals surface area contributed by atoms with Crippen molar-refractivity contribution in [2.45, 2.75) is 0 Å². The fraction of sp³-hybridized carbons (Fsp3) is 0.0625. The third kappa shape index (κ3) is 3.93. The topological polar surface area (TPSA) is 112 Å². The van der Waals surface area contributed by atoms with E-state index >= 15 is 0 Å². The number of nitrogens with one attached hydrogen (secondary N) is 3. The van der Waals surface area contributed by atoms with E-state index in [4.69, 9.17) is 11.6 Å². The molecule has 3 rings (SSSR count). The van der Waals surface area contributed by atoms with Crippen LogP contribution in [0.5, 0.6) is 0 Å². The average molecular weight is 443 g/mol. The van der Waals surface area contributed by atoms with E-state index in [0.717, 1.165) is 23.3 Å². The first kappa shape index (κ1) is 18.9. The number of rotatable bonds is 4. The Kier molecular flexibility index (Phi) is 5.15. The maximum atomic E-state index is 13.6. The van der Waals surface area contributed by atoms with Gasteiger partial charge < -0.3 is 21.4 Å². The van der Waals surface area contributed by atoms with Crippen LogP contribution in [-0.4, -0.2) is 22.4 Å². The van der Waals surface area contributed by atoms with Crippen LogP contribution in [-0.2, 0) is 4.79 Å². The van der Waals surface area contributed by atoms with Crippen molar-refractivity contribution >= 4 is 38.4 Å². The monoisotopic (exact) mass is 442 g/mol. The smallest absolute Gasteiger partial charge is 0.273 e. The van der Waals surface area contributed by atoms with E-state index in [1.54, 1.807) is 0 Å². The molecule has 0 spiro atoms. The number of fused-ring (bicyclic) bond motifs is 1. The zero-order valence-corrected chi connectivity index (χ0v) is 15.2. The summed E-state index contributed by atoms with van der Waals surface area (Å²) in [5.41, 5.74) is 6.30. The molecule has 142 valence electrons. The Labute approximate surface area is 159 Å². The Balaban J connectivity index is 1.77. The van der Waals surface area contributed by atoms with Crippen LogP contribution in [0.1, 0.15) is 0 Å². The summed E-state index contributed by atoms with van der Waals surface area (Å²) in [7, 11) is 0. The van der Waals surface area contributed by atoms with Gasteiger partial charge in [-0.25, -0.2) is 19.0 Å². The Morgan fingerprint density at radius 3 is 2.70 bits per heavy atom. The standard InChI is InChI=1S/C16H14BrF3N6O/c17-15-11(20)1-7(4-24-15)26(22)6-12(21)16(27)25-14-5-23-13-3-10(19)9(18)2-8(13)14/h1-3,5-6,23-24H,4,21-22H2,(H,25,27)/b12-6-. The van der Waals surface area contributed by atoms with Gasteiger partial charge >= 0.3 is 0 Å². The van der Waals surface area contributed by atoms with E-state index in [-0.39, 0.29) is 27.9 Å². The maximum Gasteiger partial charge on any atom is 0.273 e. The molecule has 0 saturated carbocycles. The maximum absolute atomic E-state index is 13.6. The summed E-state index contributed by atoms with van der Waals surface area (Å²) in [6.45, 7) is 0.211. The Hall–Kier alpha value is -2.92. The molecule has 2 aromatic rings. The first-order valence-electron chi connectivity index (χ1n) is 7.54. The number of carbonyl (C=O) groups excluding carboxylic acids is 1. The summed E-state index contributed by atoms with van der Waals surface area (Å²) < 4.78 is 40.4. The normalized spacial score (nSPS) is 14.9. The summed E-state index contributed by atoms with van der Waals surface area (Å²) in [5, 5.41) is 6.48. The van der Waals surface area contributed by atoms with Gasteiger partial charge in [0.15, 0.2) is 17.5 Å². The number of aromatic amines is 1. The van der Waals surface area contributed by atoms with Gasteiger partial charge in [-0.3, -0.25) is 9.80 Å². The number of hydrazine groups is 1. The number of dihydropyridines is 1. The lowest BCUT2D eigenvalue weighted by atomic mass is 10.2. The minimum Gasteiger partial charge on any atom is -0.393 e. The molecule has 7 N–H and O–H groups in total. The summed E-state index contributed by atoms with van der Waals surface area (Å²) in [6.07, 6.45) is 3.67. The van der Waals surface area contributed by atoms with Crippen molar-refractivity contribution in [3.05, 3.63) is 64.1 Å². The van der Waals surface area contributed by atoms with Crippen LogP contribution in [0.3, 0.4) is 0 Å². The molecule has 2 heterocycles. The van der Waals surface area contributed by atoms with Gasteiger partial charge in [-0.15, -0.1) is 0 Å².